The molecule has 0 aromatic heterocycles. The average Bonchev–Trinajstić information content (AvgIpc) is 2.86. The molecule has 0 aliphatic carbocycles. The maximum absolute atomic E-state index is 11.8. The molecule has 0 fully saturated rings. The van der Waals surface area contributed by atoms with Crippen molar-refractivity contribution in [3.8, 4) is 0 Å². The van der Waals surface area contributed by atoms with Crippen LogP contribution in [0, 0.1) is 0 Å². The number of hydrogen-bond acceptors (Lipinski definition) is 10. The quantitative estimate of drug-likeness (QED) is 0.108. The summed E-state index contributed by atoms with van der Waals surface area (Å²) in [6.45, 7) is 9.76. The van der Waals surface area contributed by atoms with Gasteiger partial charge < -0.3 is 38.1 Å². The lowest BCUT2D eigenvalue weighted by atomic mass is 10.1. The molecule has 0 atom stereocenters. The Hall–Kier alpha value is -2.57. The minimum absolute atomic E-state index is 0.00527. The lowest BCUT2D eigenvalue weighted by Gasteiger charge is -2.24. The first-order chi connectivity index (χ1) is 17.7. The Kier molecular flexibility index (Phi) is 17.1. The number of likely N-dealkylation sites (N-methyl/N-ethyl adjacent to an activating group) is 1. The molecule has 0 heterocycles. The number of rotatable bonds is 20. The molecular weight excluding hydrogens is 486 g/mol. The molecule has 0 N–H and O–H groups in total. The smallest absolute Gasteiger partial charge is 0.410 e. The predicted octanol–water partition coefficient (Wildman–Crippen LogP) is 2.36. The molecule has 37 heavy (non-hydrogen) atoms. The second kappa shape index (κ2) is 19.5. The molecule has 0 bridgehead atoms. The van der Waals surface area contributed by atoms with E-state index in [1.54, 1.807) is 37.4 Å². The highest BCUT2D eigenvalue weighted by Crippen LogP contribution is 2.08. The fourth-order valence-electron chi connectivity index (χ4n) is 2.58. The maximum atomic E-state index is 11.8. The van der Waals surface area contributed by atoms with Crippen LogP contribution >= 0.6 is 0 Å². The van der Waals surface area contributed by atoms with Crippen molar-refractivity contribution in [2.24, 2.45) is 0 Å². The van der Waals surface area contributed by atoms with Crippen molar-refractivity contribution < 1.29 is 47.5 Å². The standard InChI is InChI=1S/C26H41NO10/c1-26(2,3)37-25(30)27(4)10-11-31-12-13-32-14-15-33-16-17-34-18-19-35-20-21-36-24(29)23(28)22-8-6-5-7-9-22/h5-9H,10-21H2,1-4H3. The predicted molar refractivity (Wildman–Crippen MR) is 135 cm³/mol. The molecule has 210 valence electrons. The van der Waals surface area contributed by atoms with Gasteiger partial charge in [0, 0.05) is 19.2 Å². The van der Waals surface area contributed by atoms with E-state index in [-0.39, 0.29) is 19.3 Å². The van der Waals surface area contributed by atoms with Crippen LogP contribution in [0.2, 0.25) is 0 Å². The van der Waals surface area contributed by atoms with Crippen molar-refractivity contribution in [3.05, 3.63) is 35.9 Å². The van der Waals surface area contributed by atoms with E-state index in [0.717, 1.165) is 0 Å². The van der Waals surface area contributed by atoms with Crippen molar-refractivity contribution in [1.82, 2.24) is 4.90 Å². The lowest BCUT2D eigenvalue weighted by Crippen LogP contribution is -2.36. The molecule has 0 radical (unpaired) electrons. The third kappa shape index (κ3) is 17.5. The zero-order valence-corrected chi connectivity index (χ0v) is 22.4. The molecule has 1 amide bonds. The van der Waals surface area contributed by atoms with Crippen LogP contribution in [0.25, 0.3) is 0 Å². The van der Waals surface area contributed by atoms with Gasteiger partial charge in [-0.15, -0.1) is 0 Å². The zero-order chi connectivity index (χ0) is 27.4. The summed E-state index contributed by atoms with van der Waals surface area (Å²) in [4.78, 5) is 36.8. The van der Waals surface area contributed by atoms with Gasteiger partial charge in [-0.3, -0.25) is 4.79 Å². The molecule has 1 aromatic rings. The highest BCUT2D eigenvalue weighted by molar-refractivity contribution is 6.40. The first-order valence-corrected chi connectivity index (χ1v) is 12.3. The Morgan fingerprint density at radius 1 is 0.676 bits per heavy atom. The van der Waals surface area contributed by atoms with Crippen LogP contribution in [0.15, 0.2) is 30.3 Å². The highest BCUT2D eigenvalue weighted by Gasteiger charge is 2.19. The van der Waals surface area contributed by atoms with Gasteiger partial charge in [-0.1, -0.05) is 30.3 Å². The van der Waals surface area contributed by atoms with Crippen molar-refractivity contribution in [1.29, 1.82) is 0 Å². The molecule has 0 saturated carbocycles. The van der Waals surface area contributed by atoms with E-state index in [9.17, 15) is 14.4 Å². The summed E-state index contributed by atoms with van der Waals surface area (Å²) in [5, 5.41) is 0. The van der Waals surface area contributed by atoms with E-state index < -0.39 is 17.4 Å². The minimum Gasteiger partial charge on any atom is -0.457 e. The molecule has 11 nitrogen and oxygen atoms in total. The third-order valence-corrected chi connectivity index (χ3v) is 4.45. The zero-order valence-electron chi connectivity index (χ0n) is 22.4. The fourth-order valence-corrected chi connectivity index (χ4v) is 2.58. The van der Waals surface area contributed by atoms with E-state index in [4.69, 9.17) is 33.2 Å². The number of esters is 1. The summed E-state index contributed by atoms with van der Waals surface area (Å²) >= 11 is 0. The monoisotopic (exact) mass is 527 g/mol. The van der Waals surface area contributed by atoms with Crippen molar-refractivity contribution in [2.75, 3.05) is 86.3 Å². The number of ketones is 1. The number of carbonyl (C=O) groups excluding carboxylic acids is 3. The lowest BCUT2D eigenvalue weighted by molar-refractivity contribution is -0.139. The SMILES string of the molecule is CN(CCOCCOCCOCCOCCOCCOC(=O)C(=O)c1ccccc1)C(=O)OC(C)(C)C. The Labute approximate surface area is 219 Å². The van der Waals surface area contributed by atoms with Gasteiger partial charge in [0.05, 0.1) is 66.1 Å². The summed E-state index contributed by atoms with van der Waals surface area (Å²) in [7, 11) is 1.67. The van der Waals surface area contributed by atoms with Crippen molar-refractivity contribution in [3.63, 3.8) is 0 Å². The fraction of sp³-hybridized carbons (Fsp3) is 0.654. The molecule has 0 spiro atoms. The van der Waals surface area contributed by atoms with Crippen LogP contribution in [0.5, 0.6) is 0 Å². The molecule has 1 aromatic carbocycles. The molecule has 1 rings (SSSR count). The Bertz CT molecular complexity index is 766. The van der Waals surface area contributed by atoms with Crippen LogP contribution in [0.3, 0.4) is 0 Å². The second-order valence-corrected chi connectivity index (χ2v) is 8.79. The third-order valence-electron chi connectivity index (χ3n) is 4.45. The van der Waals surface area contributed by atoms with E-state index in [1.165, 1.54) is 4.90 Å². The second-order valence-electron chi connectivity index (χ2n) is 8.79. The molecule has 0 unspecified atom stereocenters. The van der Waals surface area contributed by atoms with Crippen LogP contribution in [-0.4, -0.2) is 115 Å². The molecule has 0 saturated heterocycles. The van der Waals surface area contributed by atoms with Gasteiger partial charge in [0.2, 0.25) is 0 Å². The van der Waals surface area contributed by atoms with Gasteiger partial charge in [-0.25, -0.2) is 9.59 Å². The van der Waals surface area contributed by atoms with Crippen molar-refractivity contribution >= 4 is 17.8 Å². The molecular formula is C26H41NO10. The van der Waals surface area contributed by atoms with E-state index in [1.807, 2.05) is 20.8 Å². The minimum atomic E-state index is -0.900. The van der Waals surface area contributed by atoms with E-state index in [2.05, 4.69) is 0 Å². The van der Waals surface area contributed by atoms with Gasteiger partial charge in [-0.2, -0.15) is 0 Å². The largest absolute Gasteiger partial charge is 0.457 e. The van der Waals surface area contributed by atoms with E-state index >= 15 is 0 Å². The molecule has 11 heteroatoms. The van der Waals surface area contributed by atoms with Gasteiger partial charge in [0.25, 0.3) is 5.78 Å². The van der Waals surface area contributed by atoms with Crippen LogP contribution in [0.1, 0.15) is 31.1 Å². The first kappa shape index (κ1) is 32.5. The maximum Gasteiger partial charge on any atom is 0.410 e. The van der Waals surface area contributed by atoms with Crippen molar-refractivity contribution in [2.45, 2.75) is 26.4 Å². The Balaban J connectivity index is 1.81. The van der Waals surface area contributed by atoms with Crippen LogP contribution < -0.4 is 0 Å². The van der Waals surface area contributed by atoms with Gasteiger partial charge in [0.1, 0.15) is 12.2 Å². The van der Waals surface area contributed by atoms with Gasteiger partial charge >= 0.3 is 12.1 Å². The van der Waals surface area contributed by atoms with Crippen LogP contribution in [0.4, 0.5) is 4.79 Å². The summed E-state index contributed by atoms with van der Waals surface area (Å²) in [6, 6.07) is 8.24. The Morgan fingerprint density at radius 3 is 1.57 bits per heavy atom. The number of nitrogens with zero attached hydrogens (tertiary/aromatic N) is 1. The number of amides is 1. The summed E-state index contributed by atoms with van der Waals surface area (Å²) in [5.74, 6) is -1.58. The topological polar surface area (TPSA) is 119 Å². The number of benzene rings is 1. The van der Waals surface area contributed by atoms with Gasteiger partial charge in [0.15, 0.2) is 0 Å². The normalized spacial score (nSPS) is 11.2. The number of ether oxygens (including phenoxy) is 7. The summed E-state index contributed by atoms with van der Waals surface area (Å²) < 4.78 is 37.1. The average molecular weight is 528 g/mol. The van der Waals surface area contributed by atoms with Gasteiger partial charge in [-0.05, 0) is 20.8 Å². The number of Topliss-reactive ketones (excluding diaryl/α,β-unsaturated/α-hetero) is 1. The molecule has 0 aliphatic heterocycles. The summed E-state index contributed by atoms with van der Waals surface area (Å²) in [6.07, 6.45) is -0.378. The molecule has 0 aliphatic rings. The Morgan fingerprint density at radius 2 is 1.11 bits per heavy atom. The summed E-state index contributed by atoms with van der Waals surface area (Å²) in [5.41, 5.74) is -0.225. The van der Waals surface area contributed by atoms with E-state index in [0.29, 0.717) is 71.6 Å². The van der Waals surface area contributed by atoms with Crippen LogP contribution in [-0.2, 0) is 38.0 Å². The number of carbonyl (C=O) groups is 3. The number of hydrogen-bond donors (Lipinski definition) is 0. The first-order valence-electron chi connectivity index (χ1n) is 12.3. The highest BCUT2D eigenvalue weighted by atomic mass is 16.6.